The first kappa shape index (κ1) is 17.8. The summed E-state index contributed by atoms with van der Waals surface area (Å²) in [6.07, 6.45) is 0.529. The molecule has 134 valence electrons. The van der Waals surface area contributed by atoms with Crippen LogP contribution in [-0.2, 0) is 0 Å². The molecule has 0 spiro atoms. The number of phenolic OH excluding ortho intramolecular Hbond substituents is 1. The van der Waals surface area contributed by atoms with Crippen LogP contribution >= 0.6 is 0 Å². The zero-order valence-corrected chi connectivity index (χ0v) is 13.9. The number of benzene rings is 2. The third kappa shape index (κ3) is 4.15. The molecule has 0 fully saturated rings. The van der Waals surface area contributed by atoms with E-state index < -0.39 is 11.6 Å². The molecule has 0 unspecified atom stereocenters. The number of anilines is 1. The first-order valence-electron chi connectivity index (χ1n) is 8.18. The van der Waals surface area contributed by atoms with Crippen LogP contribution in [0.2, 0.25) is 0 Å². The minimum Gasteiger partial charge on any atom is -0.508 e. The van der Waals surface area contributed by atoms with Crippen molar-refractivity contribution in [2.75, 3.05) is 18.5 Å². The lowest BCUT2D eigenvalue weighted by Gasteiger charge is -2.12. The van der Waals surface area contributed by atoms with Crippen LogP contribution in [0.4, 0.5) is 14.6 Å². The summed E-state index contributed by atoms with van der Waals surface area (Å²) in [6.45, 7) is 0.517. The Morgan fingerprint density at radius 1 is 0.962 bits per heavy atom. The molecule has 0 aliphatic heterocycles. The van der Waals surface area contributed by atoms with Gasteiger partial charge in [0.05, 0.1) is 5.69 Å². The van der Waals surface area contributed by atoms with Crippen molar-refractivity contribution in [1.29, 1.82) is 0 Å². The van der Waals surface area contributed by atoms with E-state index in [4.69, 9.17) is 5.11 Å². The number of aliphatic hydroxyl groups excluding tert-OH is 1. The minimum absolute atomic E-state index is 0.0324. The molecule has 0 bridgehead atoms. The van der Waals surface area contributed by atoms with E-state index in [2.05, 4.69) is 10.3 Å². The fourth-order valence-corrected chi connectivity index (χ4v) is 2.60. The first-order valence-corrected chi connectivity index (χ1v) is 8.18. The standard InChI is InChI=1S/C20H18F2N2O2/c21-15-5-6-18(22)17(12-15)14-10-19(13-3-1-4-16(26)9-13)24-20(11-14)23-7-2-8-25/h1,3-6,9-12,25-26H,2,7-8H2,(H,23,24). The molecule has 3 N–H and O–H groups in total. The van der Waals surface area contributed by atoms with Crippen LogP contribution in [-0.4, -0.2) is 28.3 Å². The lowest BCUT2D eigenvalue weighted by atomic mass is 10.0. The van der Waals surface area contributed by atoms with Crippen molar-refractivity contribution in [1.82, 2.24) is 4.98 Å². The van der Waals surface area contributed by atoms with Crippen molar-refractivity contribution in [3.63, 3.8) is 0 Å². The maximum atomic E-state index is 14.2. The molecular formula is C20H18F2N2O2. The highest BCUT2D eigenvalue weighted by Gasteiger charge is 2.12. The predicted octanol–water partition coefficient (Wildman–Crippen LogP) is 4.19. The van der Waals surface area contributed by atoms with E-state index in [9.17, 15) is 13.9 Å². The Balaban J connectivity index is 2.09. The summed E-state index contributed by atoms with van der Waals surface area (Å²) in [5.74, 6) is -0.521. The normalized spacial score (nSPS) is 10.7. The average Bonchev–Trinajstić information content (AvgIpc) is 2.64. The fourth-order valence-electron chi connectivity index (χ4n) is 2.60. The lowest BCUT2D eigenvalue weighted by molar-refractivity contribution is 0.292. The van der Waals surface area contributed by atoms with Gasteiger partial charge in [-0.15, -0.1) is 0 Å². The molecule has 0 aliphatic carbocycles. The number of nitrogens with one attached hydrogen (secondary N) is 1. The van der Waals surface area contributed by atoms with E-state index in [1.807, 2.05) is 0 Å². The number of pyridine rings is 1. The SMILES string of the molecule is OCCCNc1cc(-c2cc(F)ccc2F)cc(-c2cccc(O)c2)n1. The summed E-state index contributed by atoms with van der Waals surface area (Å²) in [6, 6.07) is 13.1. The van der Waals surface area contributed by atoms with Crippen LogP contribution in [0, 0.1) is 11.6 Å². The van der Waals surface area contributed by atoms with Crippen LogP contribution in [0.1, 0.15) is 6.42 Å². The van der Waals surface area contributed by atoms with Gasteiger partial charge in [0.25, 0.3) is 0 Å². The molecule has 0 atom stereocenters. The molecule has 0 amide bonds. The summed E-state index contributed by atoms with van der Waals surface area (Å²) in [7, 11) is 0. The van der Waals surface area contributed by atoms with Gasteiger partial charge in [0, 0.05) is 24.3 Å². The van der Waals surface area contributed by atoms with Gasteiger partial charge in [-0.05, 0) is 54.4 Å². The van der Waals surface area contributed by atoms with Gasteiger partial charge in [-0.1, -0.05) is 12.1 Å². The number of aliphatic hydroxyl groups is 1. The molecule has 6 heteroatoms. The molecule has 1 aromatic heterocycles. The fraction of sp³-hybridized carbons (Fsp3) is 0.150. The molecule has 0 radical (unpaired) electrons. The van der Waals surface area contributed by atoms with Gasteiger partial charge in [-0.3, -0.25) is 0 Å². The number of halogens is 2. The molecule has 1 heterocycles. The van der Waals surface area contributed by atoms with Gasteiger partial charge in [0.2, 0.25) is 0 Å². The topological polar surface area (TPSA) is 65.4 Å². The van der Waals surface area contributed by atoms with E-state index in [0.717, 1.165) is 18.2 Å². The summed E-state index contributed by atoms with van der Waals surface area (Å²) >= 11 is 0. The summed E-state index contributed by atoms with van der Waals surface area (Å²) in [5.41, 5.74) is 1.74. The van der Waals surface area contributed by atoms with Crippen LogP contribution in [0.5, 0.6) is 5.75 Å². The third-order valence-corrected chi connectivity index (χ3v) is 3.85. The number of nitrogens with zero attached hydrogens (tertiary/aromatic N) is 1. The average molecular weight is 356 g/mol. The second-order valence-corrected chi connectivity index (χ2v) is 5.80. The second kappa shape index (κ2) is 7.93. The van der Waals surface area contributed by atoms with Crippen LogP contribution in [0.15, 0.2) is 54.6 Å². The van der Waals surface area contributed by atoms with Gasteiger partial charge >= 0.3 is 0 Å². The molecule has 2 aromatic carbocycles. The molecule has 4 nitrogen and oxygen atoms in total. The summed E-state index contributed by atoms with van der Waals surface area (Å²) < 4.78 is 27.8. The minimum atomic E-state index is -0.541. The highest BCUT2D eigenvalue weighted by Crippen LogP contribution is 2.31. The molecule has 3 rings (SSSR count). The van der Waals surface area contributed by atoms with E-state index in [1.54, 1.807) is 36.4 Å². The summed E-state index contributed by atoms with van der Waals surface area (Å²) in [5, 5.41) is 21.7. The Kier molecular flexibility index (Phi) is 5.43. The highest BCUT2D eigenvalue weighted by atomic mass is 19.1. The summed E-state index contributed by atoms with van der Waals surface area (Å²) in [4.78, 5) is 4.47. The van der Waals surface area contributed by atoms with Gasteiger partial charge < -0.3 is 15.5 Å². The Labute approximate surface area is 149 Å². The van der Waals surface area contributed by atoms with Crippen molar-refractivity contribution in [3.8, 4) is 28.1 Å². The number of aromatic hydroxyl groups is 1. The number of phenols is 1. The quantitative estimate of drug-likeness (QED) is 0.580. The lowest BCUT2D eigenvalue weighted by Crippen LogP contribution is -2.06. The molecule has 26 heavy (non-hydrogen) atoms. The number of aromatic nitrogens is 1. The maximum Gasteiger partial charge on any atom is 0.131 e. The zero-order chi connectivity index (χ0) is 18.5. The monoisotopic (exact) mass is 356 g/mol. The molecule has 0 saturated carbocycles. The Hall–Kier alpha value is -2.99. The van der Waals surface area contributed by atoms with Crippen molar-refractivity contribution >= 4 is 5.82 Å². The van der Waals surface area contributed by atoms with Gasteiger partial charge in [-0.25, -0.2) is 13.8 Å². The van der Waals surface area contributed by atoms with Crippen LogP contribution in [0.25, 0.3) is 22.4 Å². The second-order valence-electron chi connectivity index (χ2n) is 5.80. The third-order valence-electron chi connectivity index (χ3n) is 3.85. The number of hydrogen-bond acceptors (Lipinski definition) is 4. The van der Waals surface area contributed by atoms with E-state index in [1.165, 1.54) is 0 Å². The van der Waals surface area contributed by atoms with Crippen LogP contribution < -0.4 is 5.32 Å². The predicted molar refractivity (Wildman–Crippen MR) is 96.9 cm³/mol. The largest absolute Gasteiger partial charge is 0.508 e. The molecular weight excluding hydrogens is 338 g/mol. The Morgan fingerprint density at radius 3 is 2.58 bits per heavy atom. The van der Waals surface area contributed by atoms with Crippen LogP contribution in [0.3, 0.4) is 0 Å². The Morgan fingerprint density at radius 2 is 1.81 bits per heavy atom. The van der Waals surface area contributed by atoms with Crippen molar-refractivity contribution in [2.45, 2.75) is 6.42 Å². The van der Waals surface area contributed by atoms with Crippen molar-refractivity contribution in [3.05, 3.63) is 66.2 Å². The first-order chi connectivity index (χ1) is 12.6. The molecule has 0 aliphatic rings. The van der Waals surface area contributed by atoms with E-state index in [-0.39, 0.29) is 17.9 Å². The smallest absolute Gasteiger partial charge is 0.131 e. The van der Waals surface area contributed by atoms with Crippen molar-refractivity contribution in [2.24, 2.45) is 0 Å². The maximum absolute atomic E-state index is 14.2. The van der Waals surface area contributed by atoms with E-state index in [0.29, 0.717) is 35.6 Å². The number of rotatable bonds is 6. The molecule has 0 saturated heterocycles. The van der Waals surface area contributed by atoms with Gasteiger partial charge in [0.1, 0.15) is 23.2 Å². The zero-order valence-electron chi connectivity index (χ0n) is 13.9. The Bertz CT molecular complexity index is 916. The number of hydrogen-bond donors (Lipinski definition) is 3. The van der Waals surface area contributed by atoms with Gasteiger partial charge in [-0.2, -0.15) is 0 Å². The highest BCUT2D eigenvalue weighted by molar-refractivity contribution is 5.74. The van der Waals surface area contributed by atoms with Crippen molar-refractivity contribution < 1.29 is 19.0 Å². The molecule has 3 aromatic rings. The van der Waals surface area contributed by atoms with E-state index >= 15 is 0 Å². The van der Waals surface area contributed by atoms with Gasteiger partial charge in [0.15, 0.2) is 0 Å².